The number of benzene rings is 2. The van der Waals surface area contributed by atoms with E-state index in [0.29, 0.717) is 52.7 Å². The first-order valence-corrected chi connectivity index (χ1v) is 10.0. The first kappa shape index (κ1) is 21.9. The number of carbonyl (C=O) groups excluding carboxylic acids is 2. The number of pyridine rings is 1. The van der Waals surface area contributed by atoms with E-state index in [1.807, 2.05) is 30.3 Å². The number of halogens is 2. The van der Waals surface area contributed by atoms with E-state index in [1.54, 1.807) is 12.1 Å². The predicted molar refractivity (Wildman–Crippen MR) is 116 cm³/mol. The molecule has 0 unspecified atom stereocenters. The lowest BCUT2D eigenvalue weighted by Crippen LogP contribution is -2.27. The fourth-order valence-corrected chi connectivity index (χ4v) is 3.48. The number of carbonyl (C=O) groups is 2. The zero-order valence-corrected chi connectivity index (χ0v) is 17.8. The lowest BCUT2D eigenvalue weighted by Gasteiger charge is -2.12. The first-order valence-electron chi connectivity index (χ1n) is 9.29. The fraction of sp³-hybridized carbons (Fsp3) is 0.227. The number of ether oxygens (including phenoxy) is 2. The second-order valence-corrected chi connectivity index (χ2v) is 7.34. The Bertz CT molecular complexity index is 1060. The van der Waals surface area contributed by atoms with Crippen molar-refractivity contribution in [2.45, 2.75) is 12.8 Å². The molecule has 0 bridgehead atoms. The van der Waals surface area contributed by atoms with E-state index in [9.17, 15) is 9.59 Å². The molecule has 0 saturated heterocycles. The Kier molecular flexibility index (Phi) is 7.49. The molecule has 1 amide bonds. The van der Waals surface area contributed by atoms with E-state index >= 15 is 0 Å². The van der Waals surface area contributed by atoms with Gasteiger partial charge in [-0.3, -0.25) is 4.79 Å². The molecule has 0 spiro atoms. The van der Waals surface area contributed by atoms with Gasteiger partial charge in [0, 0.05) is 17.6 Å². The topological polar surface area (TPSA) is 77.5 Å². The van der Waals surface area contributed by atoms with Gasteiger partial charge in [0.2, 0.25) is 5.91 Å². The van der Waals surface area contributed by atoms with Gasteiger partial charge in [-0.1, -0.05) is 53.5 Å². The maximum atomic E-state index is 12.0. The molecule has 3 aromatic rings. The number of fused-ring (bicyclic) bond motifs is 1. The highest BCUT2D eigenvalue weighted by molar-refractivity contribution is 6.39. The molecule has 0 aliphatic rings. The largest absolute Gasteiger partial charge is 0.493 e. The second kappa shape index (κ2) is 10.3. The van der Waals surface area contributed by atoms with Crippen LogP contribution in [0.1, 0.15) is 22.5 Å². The van der Waals surface area contributed by atoms with Crippen molar-refractivity contribution in [3.63, 3.8) is 0 Å². The number of esters is 1. The highest BCUT2D eigenvalue weighted by Gasteiger charge is 2.16. The van der Waals surface area contributed by atoms with Gasteiger partial charge < -0.3 is 14.8 Å². The van der Waals surface area contributed by atoms with Crippen molar-refractivity contribution >= 4 is 46.0 Å². The van der Waals surface area contributed by atoms with Gasteiger partial charge in [-0.05, 0) is 24.1 Å². The molecule has 156 valence electrons. The van der Waals surface area contributed by atoms with E-state index in [0.717, 1.165) is 5.56 Å². The maximum absolute atomic E-state index is 12.0. The van der Waals surface area contributed by atoms with Crippen molar-refractivity contribution in [1.82, 2.24) is 10.3 Å². The van der Waals surface area contributed by atoms with Crippen LogP contribution in [0.15, 0.2) is 48.5 Å². The normalized spacial score (nSPS) is 10.6. The number of hydrogen-bond donors (Lipinski definition) is 1. The number of hydrogen-bond acceptors (Lipinski definition) is 5. The minimum absolute atomic E-state index is 0.0544. The molecule has 0 aliphatic heterocycles. The average Bonchev–Trinajstić information content (AvgIpc) is 2.72. The quantitative estimate of drug-likeness (QED) is 0.408. The smallest absolute Gasteiger partial charge is 0.356 e. The van der Waals surface area contributed by atoms with Crippen molar-refractivity contribution in [1.29, 1.82) is 0 Å². The molecular weight excluding hydrogens is 427 g/mol. The Balaban J connectivity index is 1.62. The molecule has 1 heterocycles. The summed E-state index contributed by atoms with van der Waals surface area (Å²) >= 11 is 12.4. The molecule has 0 saturated carbocycles. The third-order valence-electron chi connectivity index (χ3n) is 4.29. The molecule has 6 nitrogen and oxygen atoms in total. The molecule has 2 aromatic carbocycles. The van der Waals surface area contributed by atoms with Gasteiger partial charge >= 0.3 is 5.97 Å². The van der Waals surface area contributed by atoms with Crippen molar-refractivity contribution in [3.05, 3.63) is 69.8 Å². The SMILES string of the molecule is COC(=O)c1cc(OCCCNC(=O)Cc2ccccc2)c2c(Cl)cc(Cl)cc2n1. The summed E-state index contributed by atoms with van der Waals surface area (Å²) in [5, 5.41) is 4.19. The molecule has 30 heavy (non-hydrogen) atoms. The van der Waals surface area contributed by atoms with Crippen LogP contribution in [0.3, 0.4) is 0 Å². The van der Waals surface area contributed by atoms with Crippen molar-refractivity contribution < 1.29 is 19.1 Å². The summed E-state index contributed by atoms with van der Waals surface area (Å²) in [4.78, 5) is 28.2. The van der Waals surface area contributed by atoms with Gasteiger partial charge in [0.05, 0.1) is 36.1 Å². The Morgan fingerprint density at radius 1 is 1.10 bits per heavy atom. The number of amides is 1. The first-order chi connectivity index (χ1) is 14.5. The number of rotatable bonds is 8. The Morgan fingerprint density at radius 2 is 1.87 bits per heavy atom. The minimum atomic E-state index is -0.592. The van der Waals surface area contributed by atoms with E-state index < -0.39 is 5.97 Å². The number of methoxy groups -OCH3 is 1. The van der Waals surface area contributed by atoms with Crippen LogP contribution in [-0.4, -0.2) is 37.1 Å². The molecule has 1 aromatic heterocycles. The van der Waals surface area contributed by atoms with Crippen LogP contribution in [0.2, 0.25) is 10.0 Å². The van der Waals surface area contributed by atoms with Gasteiger partial charge in [-0.2, -0.15) is 0 Å². The van der Waals surface area contributed by atoms with Crippen molar-refractivity contribution in [3.8, 4) is 5.75 Å². The molecule has 0 atom stereocenters. The van der Waals surface area contributed by atoms with Gasteiger partial charge in [0.25, 0.3) is 0 Å². The van der Waals surface area contributed by atoms with Crippen molar-refractivity contribution in [2.24, 2.45) is 0 Å². The van der Waals surface area contributed by atoms with Gasteiger partial charge in [-0.15, -0.1) is 0 Å². The van der Waals surface area contributed by atoms with Gasteiger partial charge in [-0.25, -0.2) is 9.78 Å². The summed E-state index contributed by atoms with van der Waals surface area (Å²) in [6, 6.07) is 14.2. The molecule has 3 rings (SSSR count). The highest BCUT2D eigenvalue weighted by atomic mass is 35.5. The Hall–Kier alpha value is -2.83. The summed E-state index contributed by atoms with van der Waals surface area (Å²) in [5.74, 6) is -0.245. The second-order valence-electron chi connectivity index (χ2n) is 6.49. The van der Waals surface area contributed by atoms with Crippen molar-refractivity contribution in [2.75, 3.05) is 20.3 Å². The predicted octanol–water partition coefficient (Wildman–Crippen LogP) is 4.46. The van der Waals surface area contributed by atoms with Crippen LogP contribution in [0.4, 0.5) is 0 Å². The summed E-state index contributed by atoms with van der Waals surface area (Å²) in [5.41, 5.74) is 1.48. The molecule has 1 N–H and O–H groups in total. The zero-order chi connectivity index (χ0) is 21.5. The Labute approximate surface area is 184 Å². The van der Waals surface area contributed by atoms with Gasteiger partial charge in [0.15, 0.2) is 5.69 Å². The number of aromatic nitrogens is 1. The zero-order valence-electron chi connectivity index (χ0n) is 16.3. The monoisotopic (exact) mass is 446 g/mol. The summed E-state index contributed by atoms with van der Waals surface area (Å²) < 4.78 is 10.6. The Morgan fingerprint density at radius 3 is 2.60 bits per heavy atom. The summed E-state index contributed by atoms with van der Waals surface area (Å²) in [7, 11) is 1.28. The lowest BCUT2D eigenvalue weighted by atomic mass is 10.1. The molecule has 8 heteroatoms. The van der Waals surface area contributed by atoms with Crippen LogP contribution in [0.25, 0.3) is 10.9 Å². The van der Waals surface area contributed by atoms with E-state index in [4.69, 9.17) is 32.7 Å². The summed E-state index contributed by atoms with van der Waals surface area (Å²) in [6.07, 6.45) is 0.901. The maximum Gasteiger partial charge on any atom is 0.356 e. The number of nitrogens with zero attached hydrogens (tertiary/aromatic N) is 1. The summed E-state index contributed by atoms with van der Waals surface area (Å²) in [6.45, 7) is 0.766. The molecular formula is C22H20Cl2N2O4. The fourth-order valence-electron chi connectivity index (χ4n) is 2.90. The van der Waals surface area contributed by atoms with Crippen LogP contribution in [0.5, 0.6) is 5.75 Å². The minimum Gasteiger partial charge on any atom is -0.493 e. The van der Waals surface area contributed by atoms with Crippen LogP contribution >= 0.6 is 23.2 Å². The van der Waals surface area contributed by atoms with Gasteiger partial charge in [0.1, 0.15) is 5.75 Å². The lowest BCUT2D eigenvalue weighted by molar-refractivity contribution is -0.120. The van der Waals surface area contributed by atoms with E-state index in [2.05, 4.69) is 10.3 Å². The van der Waals surface area contributed by atoms with Crippen LogP contribution in [-0.2, 0) is 16.0 Å². The molecule has 0 fully saturated rings. The third-order valence-corrected chi connectivity index (χ3v) is 4.81. The van der Waals surface area contributed by atoms with E-state index in [-0.39, 0.29) is 11.6 Å². The number of nitrogens with one attached hydrogen (secondary N) is 1. The molecule has 0 aliphatic carbocycles. The highest BCUT2D eigenvalue weighted by Crippen LogP contribution is 2.34. The van der Waals surface area contributed by atoms with Crippen LogP contribution in [0, 0.1) is 0 Å². The third kappa shape index (κ3) is 5.62. The molecule has 0 radical (unpaired) electrons. The van der Waals surface area contributed by atoms with E-state index in [1.165, 1.54) is 13.2 Å². The average molecular weight is 447 g/mol. The standard InChI is InChI=1S/C22H20Cl2N2O4/c1-29-22(28)18-13-19(21-16(24)11-15(23)12-17(21)26-18)30-9-5-8-25-20(27)10-14-6-3-2-4-7-14/h2-4,6-7,11-13H,5,8-10H2,1H3,(H,25,27). The van der Waals surface area contributed by atoms with Crippen LogP contribution < -0.4 is 10.1 Å².